The second-order valence-corrected chi connectivity index (χ2v) is 7.56. The largest absolute Gasteiger partial charge is 0.496 e. The number of fused-ring (bicyclic) bond motifs is 1. The molecule has 150 valence electrons. The summed E-state index contributed by atoms with van der Waals surface area (Å²) in [6.45, 7) is 1.88. The lowest BCUT2D eigenvalue weighted by Crippen LogP contribution is -2.38. The summed E-state index contributed by atoms with van der Waals surface area (Å²) in [4.78, 5) is 23.7. The van der Waals surface area contributed by atoms with Gasteiger partial charge >= 0.3 is 5.97 Å². The maximum Gasteiger partial charge on any atom is 0.306 e. The Kier molecular flexibility index (Phi) is 4.96. The molecule has 0 saturated heterocycles. The van der Waals surface area contributed by atoms with Crippen LogP contribution in [0.3, 0.4) is 0 Å². The summed E-state index contributed by atoms with van der Waals surface area (Å²) < 4.78 is 17.4. The zero-order chi connectivity index (χ0) is 20.7. The van der Waals surface area contributed by atoms with Crippen molar-refractivity contribution in [2.24, 2.45) is 5.92 Å². The van der Waals surface area contributed by atoms with Gasteiger partial charge in [0.15, 0.2) is 11.0 Å². The maximum atomic E-state index is 12.6. The lowest BCUT2D eigenvalue weighted by Gasteiger charge is -2.33. The van der Waals surface area contributed by atoms with E-state index in [0.29, 0.717) is 51.7 Å². The number of carboxylic acids is 1. The first-order chi connectivity index (χ1) is 13.9. The number of aryl methyl sites for hydroxylation is 1. The van der Waals surface area contributed by atoms with Crippen molar-refractivity contribution in [2.75, 3.05) is 7.11 Å². The van der Waals surface area contributed by atoms with Gasteiger partial charge in [-0.25, -0.2) is 0 Å². The van der Waals surface area contributed by atoms with Gasteiger partial charge in [0.05, 0.1) is 29.0 Å². The molecule has 0 radical (unpaired) electrons. The SMILES string of the molecule is COc1cc(OC2CC(C(=O)O)C2)c(-c2cc(=O)c3cccc(Cl)c3o2)cc1C. The highest BCUT2D eigenvalue weighted by Crippen LogP contribution is 2.40. The van der Waals surface area contributed by atoms with Crippen LogP contribution in [0.25, 0.3) is 22.3 Å². The van der Waals surface area contributed by atoms with Gasteiger partial charge in [-0.2, -0.15) is 0 Å². The molecule has 1 aromatic heterocycles. The molecule has 2 aromatic carbocycles. The van der Waals surface area contributed by atoms with Crippen LogP contribution in [0.2, 0.25) is 5.02 Å². The summed E-state index contributed by atoms with van der Waals surface area (Å²) in [6.07, 6.45) is 0.634. The van der Waals surface area contributed by atoms with E-state index < -0.39 is 11.9 Å². The fourth-order valence-electron chi connectivity index (χ4n) is 3.50. The number of methoxy groups -OCH3 is 1. The predicted octanol–water partition coefficient (Wildman–Crippen LogP) is 4.67. The van der Waals surface area contributed by atoms with Crippen LogP contribution >= 0.6 is 11.6 Å². The number of halogens is 1. The fraction of sp³-hybridized carbons (Fsp3) is 0.273. The number of aliphatic carboxylic acids is 1. The topological polar surface area (TPSA) is 86.0 Å². The van der Waals surface area contributed by atoms with E-state index in [-0.39, 0.29) is 11.5 Å². The van der Waals surface area contributed by atoms with E-state index in [4.69, 9.17) is 30.6 Å². The maximum absolute atomic E-state index is 12.6. The first kappa shape index (κ1) is 19.3. The number of ether oxygens (including phenoxy) is 2. The fourth-order valence-corrected chi connectivity index (χ4v) is 3.71. The number of para-hydroxylation sites is 1. The number of rotatable bonds is 5. The number of benzene rings is 2. The minimum Gasteiger partial charge on any atom is -0.496 e. The van der Waals surface area contributed by atoms with Gasteiger partial charge in [0.2, 0.25) is 0 Å². The third-order valence-corrected chi connectivity index (χ3v) is 5.50. The van der Waals surface area contributed by atoms with Gasteiger partial charge in [0.1, 0.15) is 23.4 Å². The normalized spacial score (nSPS) is 18.3. The molecular weight excluding hydrogens is 396 g/mol. The van der Waals surface area contributed by atoms with Crippen LogP contribution in [0.1, 0.15) is 18.4 Å². The van der Waals surface area contributed by atoms with E-state index in [2.05, 4.69) is 0 Å². The second-order valence-electron chi connectivity index (χ2n) is 7.16. The molecule has 7 heteroatoms. The number of carboxylic acid groups (broad SMARTS) is 1. The number of hydrogen-bond acceptors (Lipinski definition) is 5. The molecule has 0 spiro atoms. The number of carbonyl (C=O) groups is 1. The minimum atomic E-state index is -0.818. The quantitative estimate of drug-likeness (QED) is 0.652. The van der Waals surface area contributed by atoms with Gasteiger partial charge in [-0.1, -0.05) is 17.7 Å². The van der Waals surface area contributed by atoms with Crippen molar-refractivity contribution in [1.29, 1.82) is 0 Å². The molecule has 0 bridgehead atoms. The Bertz CT molecular complexity index is 1160. The molecule has 6 nitrogen and oxygen atoms in total. The highest BCUT2D eigenvalue weighted by atomic mass is 35.5. The van der Waals surface area contributed by atoms with E-state index in [1.54, 1.807) is 31.4 Å². The molecule has 1 aliphatic carbocycles. The second kappa shape index (κ2) is 7.44. The van der Waals surface area contributed by atoms with Crippen molar-refractivity contribution in [3.63, 3.8) is 0 Å². The molecule has 1 aliphatic rings. The summed E-state index contributed by atoms with van der Waals surface area (Å²) in [5, 5.41) is 9.83. The molecule has 3 aromatic rings. The molecular formula is C22H19ClO6. The van der Waals surface area contributed by atoms with E-state index in [1.807, 2.05) is 13.0 Å². The molecule has 0 unspecified atom stereocenters. The van der Waals surface area contributed by atoms with Crippen molar-refractivity contribution in [3.8, 4) is 22.8 Å². The average Bonchev–Trinajstić information content (AvgIpc) is 2.65. The van der Waals surface area contributed by atoms with Crippen LogP contribution in [0.4, 0.5) is 0 Å². The Morgan fingerprint density at radius 3 is 2.66 bits per heavy atom. The summed E-state index contributed by atoms with van der Waals surface area (Å²) >= 11 is 6.23. The Morgan fingerprint density at radius 2 is 1.97 bits per heavy atom. The van der Waals surface area contributed by atoms with Gasteiger partial charge in [0, 0.05) is 12.1 Å². The van der Waals surface area contributed by atoms with Gasteiger partial charge in [-0.05, 0) is 43.5 Å². The van der Waals surface area contributed by atoms with Crippen molar-refractivity contribution in [1.82, 2.24) is 0 Å². The van der Waals surface area contributed by atoms with Crippen molar-refractivity contribution < 1.29 is 23.8 Å². The molecule has 0 aliphatic heterocycles. The van der Waals surface area contributed by atoms with E-state index in [0.717, 1.165) is 5.56 Å². The smallest absolute Gasteiger partial charge is 0.306 e. The number of hydrogen-bond donors (Lipinski definition) is 1. The lowest BCUT2D eigenvalue weighted by atomic mass is 9.82. The van der Waals surface area contributed by atoms with Gasteiger partial charge < -0.3 is 19.0 Å². The molecule has 1 saturated carbocycles. The zero-order valence-electron chi connectivity index (χ0n) is 15.9. The van der Waals surface area contributed by atoms with Crippen LogP contribution in [0, 0.1) is 12.8 Å². The molecule has 29 heavy (non-hydrogen) atoms. The standard InChI is InChI=1S/C22H19ClO6/c1-11-6-15(19-9-17(24)14-4-3-5-16(23)21(14)29-19)20(10-18(11)27-2)28-13-7-12(8-13)22(25)26/h3-6,9-10,12-13H,7-8H2,1-2H3,(H,25,26). The van der Waals surface area contributed by atoms with Crippen molar-refractivity contribution in [3.05, 3.63) is 57.2 Å². The Hall–Kier alpha value is -2.99. The summed E-state index contributed by atoms with van der Waals surface area (Å²) in [5.41, 5.74) is 1.53. The van der Waals surface area contributed by atoms with E-state index >= 15 is 0 Å². The highest BCUT2D eigenvalue weighted by Gasteiger charge is 2.36. The summed E-state index contributed by atoms with van der Waals surface area (Å²) in [7, 11) is 1.56. The van der Waals surface area contributed by atoms with Crippen LogP contribution in [0.15, 0.2) is 45.6 Å². The van der Waals surface area contributed by atoms with Crippen LogP contribution in [-0.4, -0.2) is 24.3 Å². The molecule has 1 fully saturated rings. The summed E-state index contributed by atoms with van der Waals surface area (Å²) in [6, 6.07) is 9.98. The predicted molar refractivity (Wildman–Crippen MR) is 109 cm³/mol. The third kappa shape index (κ3) is 3.56. The Labute approximate surface area is 171 Å². The monoisotopic (exact) mass is 414 g/mol. The van der Waals surface area contributed by atoms with Crippen LogP contribution in [0.5, 0.6) is 11.5 Å². The van der Waals surface area contributed by atoms with Crippen LogP contribution in [-0.2, 0) is 4.79 Å². The molecule has 1 heterocycles. The molecule has 0 atom stereocenters. The minimum absolute atomic E-state index is 0.210. The Balaban J connectivity index is 1.80. The highest BCUT2D eigenvalue weighted by molar-refractivity contribution is 6.34. The van der Waals surface area contributed by atoms with E-state index in [1.165, 1.54) is 6.07 Å². The van der Waals surface area contributed by atoms with Gasteiger partial charge in [0.25, 0.3) is 0 Å². The average molecular weight is 415 g/mol. The van der Waals surface area contributed by atoms with E-state index in [9.17, 15) is 9.59 Å². The first-order valence-corrected chi connectivity index (χ1v) is 9.56. The summed E-state index contributed by atoms with van der Waals surface area (Å²) in [5.74, 6) is 0.204. The van der Waals surface area contributed by atoms with Gasteiger partial charge in [-0.3, -0.25) is 9.59 Å². The Morgan fingerprint density at radius 1 is 1.21 bits per heavy atom. The van der Waals surface area contributed by atoms with Gasteiger partial charge in [-0.15, -0.1) is 0 Å². The zero-order valence-corrected chi connectivity index (χ0v) is 16.7. The van der Waals surface area contributed by atoms with Crippen LogP contribution < -0.4 is 14.9 Å². The van der Waals surface area contributed by atoms with Crippen molar-refractivity contribution >= 4 is 28.5 Å². The molecule has 0 amide bonds. The lowest BCUT2D eigenvalue weighted by molar-refractivity contribution is -0.147. The van der Waals surface area contributed by atoms with Crippen molar-refractivity contribution in [2.45, 2.75) is 25.9 Å². The molecule has 1 N–H and O–H groups in total. The first-order valence-electron chi connectivity index (χ1n) is 9.18. The molecule has 4 rings (SSSR count). The third-order valence-electron chi connectivity index (χ3n) is 5.21.